The number of hydrogen-bond donors (Lipinski definition) is 1. The Morgan fingerprint density at radius 1 is 1.25 bits per heavy atom. The SMILES string of the molecule is C/C=C\C1=C(CC)CC(NCCC2CCCCN2C(=O)OC(C)(C)C)C1.CC. The molecule has 2 aliphatic rings. The topological polar surface area (TPSA) is 41.6 Å². The van der Waals surface area contributed by atoms with Crippen LogP contribution in [0.5, 0.6) is 0 Å². The van der Waals surface area contributed by atoms with Crippen LogP contribution in [-0.2, 0) is 4.74 Å². The average Bonchev–Trinajstić information content (AvgIpc) is 3.04. The van der Waals surface area contributed by atoms with Gasteiger partial charge in [-0.2, -0.15) is 0 Å². The number of likely N-dealkylation sites (tertiary alicyclic amines) is 1. The largest absolute Gasteiger partial charge is 0.444 e. The van der Waals surface area contributed by atoms with Crippen molar-refractivity contribution in [3.63, 3.8) is 0 Å². The van der Waals surface area contributed by atoms with Crippen molar-refractivity contribution >= 4 is 6.09 Å². The Labute approximate surface area is 173 Å². The van der Waals surface area contributed by atoms with Gasteiger partial charge < -0.3 is 15.0 Å². The predicted octanol–water partition coefficient (Wildman–Crippen LogP) is 6.23. The molecule has 1 aliphatic carbocycles. The van der Waals surface area contributed by atoms with Crippen molar-refractivity contribution in [1.82, 2.24) is 10.2 Å². The van der Waals surface area contributed by atoms with E-state index in [1.165, 1.54) is 12.0 Å². The average molecular weight is 393 g/mol. The lowest BCUT2D eigenvalue weighted by Crippen LogP contribution is -2.47. The molecule has 2 atom stereocenters. The maximum atomic E-state index is 12.5. The highest BCUT2D eigenvalue weighted by atomic mass is 16.6. The van der Waals surface area contributed by atoms with Crippen molar-refractivity contribution in [1.29, 1.82) is 0 Å². The molecule has 4 nitrogen and oxygen atoms in total. The van der Waals surface area contributed by atoms with Crippen molar-refractivity contribution in [2.75, 3.05) is 13.1 Å². The fraction of sp³-hybridized carbons (Fsp3) is 0.792. The molecule has 0 aromatic heterocycles. The second-order valence-electron chi connectivity index (χ2n) is 8.65. The summed E-state index contributed by atoms with van der Waals surface area (Å²) < 4.78 is 5.61. The van der Waals surface area contributed by atoms with Crippen LogP contribution in [0.3, 0.4) is 0 Å². The molecule has 1 saturated heterocycles. The van der Waals surface area contributed by atoms with E-state index < -0.39 is 5.60 Å². The molecule has 162 valence electrons. The highest BCUT2D eigenvalue weighted by Gasteiger charge is 2.30. The van der Waals surface area contributed by atoms with Crippen LogP contribution >= 0.6 is 0 Å². The minimum absolute atomic E-state index is 0.145. The smallest absolute Gasteiger partial charge is 0.410 e. The van der Waals surface area contributed by atoms with Gasteiger partial charge in [0.15, 0.2) is 0 Å². The maximum Gasteiger partial charge on any atom is 0.410 e. The number of piperidine rings is 1. The standard InChI is InChI=1S/C22H38N2O2.C2H6/c1-6-10-18-16-19(15-17(18)7-2)23-13-12-20-11-8-9-14-24(20)21(25)26-22(3,4)5;1-2/h6,10,19-20,23H,7-9,11-16H2,1-5H3;1-2H3/b10-6-;. The van der Waals surface area contributed by atoms with Crippen molar-refractivity contribution in [3.8, 4) is 0 Å². The fourth-order valence-corrected chi connectivity index (χ4v) is 4.13. The number of hydrogen-bond acceptors (Lipinski definition) is 3. The Morgan fingerprint density at radius 2 is 1.96 bits per heavy atom. The molecule has 0 spiro atoms. The zero-order chi connectivity index (χ0) is 21.2. The molecule has 28 heavy (non-hydrogen) atoms. The molecule has 2 rings (SSSR count). The first kappa shape index (κ1) is 24.7. The number of carbonyl (C=O) groups excluding carboxylic acids is 1. The van der Waals surface area contributed by atoms with Gasteiger partial charge in [0.2, 0.25) is 0 Å². The zero-order valence-corrected chi connectivity index (χ0v) is 19.4. The van der Waals surface area contributed by atoms with Gasteiger partial charge in [-0.3, -0.25) is 0 Å². The van der Waals surface area contributed by atoms with E-state index >= 15 is 0 Å². The van der Waals surface area contributed by atoms with E-state index in [-0.39, 0.29) is 6.09 Å². The third kappa shape index (κ3) is 7.98. The van der Waals surface area contributed by atoms with Crippen LogP contribution in [0.15, 0.2) is 23.3 Å². The summed E-state index contributed by atoms with van der Waals surface area (Å²) in [4.78, 5) is 14.5. The summed E-state index contributed by atoms with van der Waals surface area (Å²) in [5.41, 5.74) is 2.68. The molecule has 1 fully saturated rings. The quantitative estimate of drug-likeness (QED) is 0.583. The van der Waals surface area contributed by atoms with Crippen LogP contribution in [0.25, 0.3) is 0 Å². The number of nitrogens with zero attached hydrogens (tertiary/aromatic N) is 1. The highest BCUT2D eigenvalue weighted by molar-refractivity contribution is 5.68. The fourth-order valence-electron chi connectivity index (χ4n) is 4.13. The van der Waals surface area contributed by atoms with Gasteiger partial charge in [0, 0.05) is 18.6 Å². The summed E-state index contributed by atoms with van der Waals surface area (Å²) >= 11 is 0. The van der Waals surface area contributed by atoms with Crippen molar-refractivity contribution in [3.05, 3.63) is 23.3 Å². The van der Waals surface area contributed by atoms with E-state index in [4.69, 9.17) is 4.74 Å². The van der Waals surface area contributed by atoms with Gasteiger partial charge in [-0.1, -0.05) is 38.5 Å². The Hall–Kier alpha value is -1.29. The number of ether oxygens (including phenoxy) is 1. The van der Waals surface area contributed by atoms with E-state index in [0.717, 1.165) is 51.6 Å². The van der Waals surface area contributed by atoms with E-state index in [0.29, 0.717) is 12.1 Å². The summed E-state index contributed by atoms with van der Waals surface area (Å²) in [7, 11) is 0. The number of amides is 1. The Bertz CT molecular complexity index is 531. The molecule has 2 unspecified atom stereocenters. The second-order valence-corrected chi connectivity index (χ2v) is 8.65. The van der Waals surface area contributed by atoms with Gasteiger partial charge >= 0.3 is 6.09 Å². The zero-order valence-electron chi connectivity index (χ0n) is 19.4. The van der Waals surface area contributed by atoms with Gasteiger partial charge in [0.1, 0.15) is 5.60 Å². The van der Waals surface area contributed by atoms with Gasteiger partial charge in [-0.05, 0) is 84.8 Å². The van der Waals surface area contributed by atoms with Crippen LogP contribution in [0.4, 0.5) is 4.79 Å². The Morgan fingerprint density at radius 3 is 2.57 bits per heavy atom. The molecule has 0 saturated carbocycles. The summed E-state index contributed by atoms with van der Waals surface area (Å²) in [5.74, 6) is 0. The molecular weight excluding hydrogens is 348 g/mol. The normalized spacial score (nSPS) is 23.0. The van der Waals surface area contributed by atoms with E-state index in [1.807, 2.05) is 39.5 Å². The Balaban J connectivity index is 0.00000190. The van der Waals surface area contributed by atoms with Gasteiger partial charge in [-0.15, -0.1) is 0 Å². The molecular formula is C24H44N2O2. The van der Waals surface area contributed by atoms with Gasteiger partial charge in [0.05, 0.1) is 0 Å². The summed E-state index contributed by atoms with van der Waals surface area (Å²) in [6.07, 6.45) is 12.1. The minimum atomic E-state index is -0.424. The lowest BCUT2D eigenvalue weighted by molar-refractivity contribution is 0.00888. The number of rotatable bonds is 6. The van der Waals surface area contributed by atoms with Gasteiger partial charge in [-0.25, -0.2) is 4.79 Å². The van der Waals surface area contributed by atoms with Crippen LogP contribution in [0, 0.1) is 0 Å². The number of allylic oxidation sites excluding steroid dienone is 2. The van der Waals surface area contributed by atoms with Crippen molar-refractivity contribution in [2.24, 2.45) is 0 Å². The van der Waals surface area contributed by atoms with E-state index in [9.17, 15) is 4.79 Å². The van der Waals surface area contributed by atoms with Crippen LogP contribution in [0.1, 0.15) is 93.4 Å². The lowest BCUT2D eigenvalue weighted by Gasteiger charge is -2.37. The Kier molecular flexibility index (Phi) is 10.9. The molecule has 0 aromatic carbocycles. The lowest BCUT2D eigenvalue weighted by atomic mass is 9.99. The first-order chi connectivity index (χ1) is 13.3. The molecule has 1 heterocycles. The van der Waals surface area contributed by atoms with Gasteiger partial charge in [0.25, 0.3) is 0 Å². The second kappa shape index (κ2) is 12.3. The van der Waals surface area contributed by atoms with Crippen molar-refractivity contribution in [2.45, 2.75) is 111 Å². The molecule has 0 bridgehead atoms. The third-order valence-corrected chi connectivity index (χ3v) is 5.37. The van der Waals surface area contributed by atoms with Crippen molar-refractivity contribution < 1.29 is 9.53 Å². The van der Waals surface area contributed by atoms with Crippen LogP contribution < -0.4 is 5.32 Å². The van der Waals surface area contributed by atoms with Crippen LogP contribution in [-0.4, -0.2) is 41.8 Å². The molecule has 1 N–H and O–H groups in total. The molecule has 1 aliphatic heterocycles. The summed E-state index contributed by atoms with van der Waals surface area (Å²) in [6, 6.07) is 0.857. The number of nitrogens with one attached hydrogen (secondary N) is 1. The molecule has 0 aromatic rings. The summed E-state index contributed by atoms with van der Waals surface area (Å²) in [5, 5.41) is 3.73. The monoisotopic (exact) mass is 392 g/mol. The predicted molar refractivity (Wildman–Crippen MR) is 120 cm³/mol. The number of carbonyl (C=O) groups is 1. The molecule has 0 radical (unpaired) electrons. The molecule has 1 amide bonds. The third-order valence-electron chi connectivity index (χ3n) is 5.37. The van der Waals surface area contributed by atoms with Crippen LogP contribution in [0.2, 0.25) is 0 Å². The maximum absolute atomic E-state index is 12.5. The first-order valence-electron chi connectivity index (χ1n) is 11.4. The van der Waals surface area contributed by atoms with E-state index in [1.54, 1.807) is 5.57 Å². The van der Waals surface area contributed by atoms with E-state index in [2.05, 4.69) is 31.3 Å². The first-order valence-corrected chi connectivity index (χ1v) is 11.4. The highest BCUT2D eigenvalue weighted by Crippen LogP contribution is 2.30. The summed E-state index contributed by atoms with van der Waals surface area (Å²) in [6.45, 7) is 16.0. The minimum Gasteiger partial charge on any atom is -0.444 e. The molecule has 4 heteroatoms.